The fourth-order valence-electron chi connectivity index (χ4n) is 8.48. The van der Waals surface area contributed by atoms with Crippen LogP contribution >= 0.6 is 15.6 Å². The molecule has 0 saturated carbocycles. The Balaban J connectivity index is 5.26. The standard InChI is InChI=1S/C59H114O17P2/c1-9-51(7)37-29-21-13-17-25-33-41-58(63)75-54(45-69-56(61)39-31-23-15-11-19-27-35-49(3)4)47-73-77(65,66)71-43-53(60)44-72-78(67,68)74-48-55(46-70-57(62)40-32-24-16-12-20-28-36-50(5)6)76-59(64)42-34-26-18-14-22-30-38-52(8)10-2/h49-55,60H,9-48H2,1-8H3,(H,65,66)(H,67,68)/t51?,52?,53?,54-,55-/m1/s1. The number of carbonyl (C=O) groups excluding carboxylic acids is 4. The predicted molar refractivity (Wildman–Crippen MR) is 307 cm³/mol. The molecule has 0 fully saturated rings. The van der Waals surface area contributed by atoms with Gasteiger partial charge in [-0.05, 0) is 49.4 Å². The minimum atomic E-state index is -4.94. The highest BCUT2D eigenvalue weighted by Crippen LogP contribution is 2.45. The van der Waals surface area contributed by atoms with E-state index in [-0.39, 0.29) is 25.7 Å². The number of unbranched alkanes of at least 4 members (excludes halogenated alkanes) is 20. The van der Waals surface area contributed by atoms with E-state index in [0.29, 0.717) is 37.5 Å². The van der Waals surface area contributed by atoms with Gasteiger partial charge < -0.3 is 33.8 Å². The highest BCUT2D eigenvalue weighted by atomic mass is 31.2. The summed E-state index contributed by atoms with van der Waals surface area (Å²) < 4.78 is 67.7. The molecule has 78 heavy (non-hydrogen) atoms. The molecule has 19 heteroatoms. The molecule has 4 unspecified atom stereocenters. The Morgan fingerprint density at radius 1 is 0.359 bits per heavy atom. The number of aliphatic hydroxyl groups excluding tert-OH is 1. The molecule has 0 rings (SSSR count). The lowest BCUT2D eigenvalue weighted by Gasteiger charge is -2.21. The Morgan fingerprint density at radius 2 is 0.615 bits per heavy atom. The number of ether oxygens (including phenoxy) is 4. The van der Waals surface area contributed by atoms with Crippen molar-refractivity contribution >= 4 is 39.5 Å². The Labute approximate surface area is 473 Å². The van der Waals surface area contributed by atoms with E-state index in [1.165, 1.54) is 64.2 Å². The molecular formula is C59H114O17P2. The monoisotopic (exact) mass is 1160 g/mol. The molecule has 462 valence electrons. The van der Waals surface area contributed by atoms with Gasteiger partial charge in [0, 0.05) is 25.7 Å². The van der Waals surface area contributed by atoms with E-state index in [4.69, 9.17) is 37.0 Å². The first-order valence-corrected chi connectivity index (χ1v) is 33.8. The molecule has 0 aromatic rings. The van der Waals surface area contributed by atoms with Crippen LogP contribution in [0.2, 0.25) is 0 Å². The van der Waals surface area contributed by atoms with Gasteiger partial charge in [0.1, 0.15) is 19.3 Å². The van der Waals surface area contributed by atoms with Gasteiger partial charge in [-0.3, -0.25) is 37.3 Å². The zero-order valence-corrected chi connectivity index (χ0v) is 52.1. The van der Waals surface area contributed by atoms with Gasteiger partial charge in [0.05, 0.1) is 26.4 Å². The van der Waals surface area contributed by atoms with Gasteiger partial charge in [0.25, 0.3) is 0 Å². The van der Waals surface area contributed by atoms with Crippen molar-refractivity contribution in [1.29, 1.82) is 0 Å². The van der Waals surface area contributed by atoms with Crippen LogP contribution in [0.5, 0.6) is 0 Å². The van der Waals surface area contributed by atoms with Crippen LogP contribution in [0, 0.1) is 23.7 Å². The Kier molecular flexibility index (Phi) is 48.4. The molecule has 0 saturated heterocycles. The molecule has 0 aliphatic heterocycles. The van der Waals surface area contributed by atoms with Gasteiger partial charge in [-0.2, -0.15) is 0 Å². The quantitative estimate of drug-likeness (QED) is 0.0222. The number of phosphoric acid groups is 2. The van der Waals surface area contributed by atoms with Crippen LogP contribution in [0.1, 0.15) is 274 Å². The summed E-state index contributed by atoms with van der Waals surface area (Å²) in [6, 6.07) is 0. The zero-order chi connectivity index (χ0) is 58.3. The first-order chi connectivity index (χ1) is 37.2. The molecule has 0 aromatic heterocycles. The highest BCUT2D eigenvalue weighted by molar-refractivity contribution is 7.47. The fourth-order valence-corrected chi connectivity index (χ4v) is 10.1. The summed E-state index contributed by atoms with van der Waals surface area (Å²) in [7, 11) is -9.88. The maximum absolute atomic E-state index is 12.9. The SMILES string of the molecule is CCC(C)CCCCCCCCC(=O)O[C@H](COC(=O)CCCCCCCCC(C)C)COP(=O)(O)OCC(O)COP(=O)(O)OC[C@@H](COC(=O)CCCCCCCCC(C)C)OC(=O)CCCCCCCCC(C)CC. The Hall–Kier alpha value is -1.94. The summed E-state index contributed by atoms with van der Waals surface area (Å²) in [5, 5.41) is 10.5. The van der Waals surface area contributed by atoms with E-state index >= 15 is 0 Å². The van der Waals surface area contributed by atoms with Gasteiger partial charge in [0.15, 0.2) is 12.2 Å². The predicted octanol–water partition coefficient (Wildman–Crippen LogP) is 15.4. The molecule has 0 aromatic carbocycles. The molecule has 0 radical (unpaired) electrons. The molecular weight excluding hydrogens is 1040 g/mol. The van der Waals surface area contributed by atoms with Gasteiger partial charge in [-0.15, -0.1) is 0 Å². The van der Waals surface area contributed by atoms with Gasteiger partial charge in [-0.25, -0.2) is 9.13 Å². The first-order valence-electron chi connectivity index (χ1n) is 30.8. The number of phosphoric ester groups is 2. The largest absolute Gasteiger partial charge is 0.472 e. The number of esters is 4. The van der Waals surface area contributed by atoms with Gasteiger partial charge in [0.2, 0.25) is 0 Å². The summed E-state index contributed by atoms with van der Waals surface area (Å²) in [6.07, 6.45) is 27.0. The van der Waals surface area contributed by atoms with E-state index in [1.54, 1.807) is 0 Å². The van der Waals surface area contributed by atoms with Crippen molar-refractivity contribution in [3.63, 3.8) is 0 Å². The molecule has 0 aliphatic rings. The average molecular weight is 1160 g/mol. The van der Waals surface area contributed by atoms with Crippen molar-refractivity contribution in [1.82, 2.24) is 0 Å². The van der Waals surface area contributed by atoms with Crippen molar-refractivity contribution in [2.45, 2.75) is 292 Å². The van der Waals surface area contributed by atoms with Crippen molar-refractivity contribution in [2.24, 2.45) is 23.7 Å². The van der Waals surface area contributed by atoms with Crippen LogP contribution in [0.4, 0.5) is 0 Å². The molecule has 0 heterocycles. The number of hydrogen-bond donors (Lipinski definition) is 3. The maximum Gasteiger partial charge on any atom is 0.472 e. The second kappa shape index (κ2) is 49.7. The first kappa shape index (κ1) is 76.1. The second-order valence-electron chi connectivity index (χ2n) is 22.8. The van der Waals surface area contributed by atoms with Crippen molar-refractivity contribution in [2.75, 3.05) is 39.6 Å². The summed E-state index contributed by atoms with van der Waals surface area (Å²) >= 11 is 0. The summed E-state index contributed by atoms with van der Waals surface area (Å²) in [5.41, 5.74) is 0. The molecule has 6 atom stereocenters. The molecule has 17 nitrogen and oxygen atoms in total. The van der Waals surface area contributed by atoms with Crippen LogP contribution in [0.25, 0.3) is 0 Å². The van der Waals surface area contributed by atoms with Crippen LogP contribution in [0.3, 0.4) is 0 Å². The number of carbonyl (C=O) groups is 4. The lowest BCUT2D eigenvalue weighted by atomic mass is 10.00. The van der Waals surface area contributed by atoms with E-state index in [9.17, 15) is 43.2 Å². The zero-order valence-electron chi connectivity index (χ0n) is 50.3. The maximum atomic E-state index is 12.9. The number of hydrogen-bond acceptors (Lipinski definition) is 15. The molecule has 0 spiro atoms. The Morgan fingerprint density at radius 3 is 0.910 bits per heavy atom. The third kappa shape index (κ3) is 51.0. The Bertz CT molecular complexity index is 1470. The minimum Gasteiger partial charge on any atom is -0.462 e. The molecule has 0 amide bonds. The third-order valence-electron chi connectivity index (χ3n) is 14.0. The third-order valence-corrected chi connectivity index (χ3v) is 15.9. The summed E-state index contributed by atoms with van der Waals surface area (Å²) in [6.45, 7) is 13.8. The molecule has 3 N–H and O–H groups in total. The van der Waals surface area contributed by atoms with E-state index in [2.05, 4.69) is 55.4 Å². The minimum absolute atomic E-state index is 0.101. The van der Waals surface area contributed by atoms with Crippen LogP contribution in [0.15, 0.2) is 0 Å². The van der Waals surface area contributed by atoms with Crippen molar-refractivity contribution < 1.29 is 80.2 Å². The van der Waals surface area contributed by atoms with Crippen LogP contribution in [-0.2, 0) is 65.4 Å². The van der Waals surface area contributed by atoms with Crippen LogP contribution < -0.4 is 0 Å². The fraction of sp³-hybridized carbons (Fsp3) is 0.932. The topological polar surface area (TPSA) is 237 Å². The highest BCUT2D eigenvalue weighted by Gasteiger charge is 2.30. The average Bonchev–Trinajstić information content (AvgIpc) is 3.39. The van der Waals surface area contributed by atoms with Crippen molar-refractivity contribution in [3.05, 3.63) is 0 Å². The van der Waals surface area contributed by atoms with E-state index in [1.807, 2.05) is 0 Å². The lowest BCUT2D eigenvalue weighted by Crippen LogP contribution is -2.30. The molecule has 0 bridgehead atoms. The van der Waals surface area contributed by atoms with Gasteiger partial charge in [-0.1, -0.05) is 222 Å². The normalized spacial score (nSPS) is 15.3. The van der Waals surface area contributed by atoms with E-state index in [0.717, 1.165) is 115 Å². The summed E-state index contributed by atoms with van der Waals surface area (Å²) in [4.78, 5) is 71.9. The van der Waals surface area contributed by atoms with Crippen molar-refractivity contribution in [3.8, 4) is 0 Å². The number of rotatable bonds is 56. The number of aliphatic hydroxyl groups is 1. The lowest BCUT2D eigenvalue weighted by molar-refractivity contribution is -0.161. The van der Waals surface area contributed by atoms with E-state index < -0.39 is 97.5 Å². The second-order valence-corrected chi connectivity index (χ2v) is 25.7. The molecule has 0 aliphatic carbocycles. The smallest absolute Gasteiger partial charge is 0.462 e. The van der Waals surface area contributed by atoms with Crippen LogP contribution in [-0.4, -0.2) is 96.7 Å². The summed E-state index contributed by atoms with van der Waals surface area (Å²) in [5.74, 6) is 0.645. The van der Waals surface area contributed by atoms with Gasteiger partial charge >= 0.3 is 39.5 Å².